The van der Waals surface area contributed by atoms with Crippen LogP contribution in [0.4, 0.5) is 4.39 Å². The van der Waals surface area contributed by atoms with Crippen LogP contribution in [0.3, 0.4) is 0 Å². The van der Waals surface area contributed by atoms with Crippen LogP contribution in [0.1, 0.15) is 96.8 Å². The first-order chi connectivity index (χ1) is 21.8. The smallest absolute Gasteiger partial charge is 0.254 e. The lowest BCUT2D eigenvalue weighted by molar-refractivity contribution is -0.0722. The van der Waals surface area contributed by atoms with Crippen molar-refractivity contribution in [2.24, 2.45) is 23.2 Å². The van der Waals surface area contributed by atoms with E-state index in [1.807, 2.05) is 47.4 Å². The predicted molar refractivity (Wildman–Crippen MR) is 173 cm³/mol. The van der Waals surface area contributed by atoms with Gasteiger partial charge >= 0.3 is 0 Å². The van der Waals surface area contributed by atoms with E-state index >= 15 is 4.39 Å². The topological polar surface area (TPSA) is 84.6 Å². The quantitative estimate of drug-likeness (QED) is 0.229. The fraction of sp³-hybridized carbons (Fsp3) is 0.487. The first-order valence-corrected chi connectivity index (χ1v) is 16.8. The van der Waals surface area contributed by atoms with Gasteiger partial charge in [0.2, 0.25) is 0 Å². The summed E-state index contributed by atoms with van der Waals surface area (Å²) in [5.41, 5.74) is 4.00. The highest BCUT2D eigenvalue weighted by atomic mass is 19.1. The van der Waals surface area contributed by atoms with Crippen LogP contribution < -0.4 is 0 Å². The van der Waals surface area contributed by atoms with Crippen molar-refractivity contribution in [3.8, 4) is 11.8 Å². The van der Waals surface area contributed by atoms with Gasteiger partial charge in [-0.25, -0.2) is 4.39 Å². The normalized spacial score (nSPS) is 28.4. The summed E-state index contributed by atoms with van der Waals surface area (Å²) < 4.78 is 16.1. The Morgan fingerprint density at radius 3 is 2.53 bits per heavy atom. The van der Waals surface area contributed by atoms with E-state index in [1.165, 1.54) is 0 Å². The molecule has 2 N–H and O–H groups in total. The summed E-state index contributed by atoms with van der Waals surface area (Å²) in [7, 11) is 0. The van der Waals surface area contributed by atoms with Crippen LogP contribution in [0.15, 0.2) is 72.8 Å². The van der Waals surface area contributed by atoms with Crippen LogP contribution in [-0.4, -0.2) is 39.8 Å². The molecule has 0 spiro atoms. The highest BCUT2D eigenvalue weighted by Crippen LogP contribution is 2.63. The standard InChI is InChI=1S/C39H45FN2O3/c1-39-23-34(40)37-32-17-16-31(43)22-30(32)21-29(36(37)33(39)18-19-35(39)44)11-7-2-3-8-20-42(25-27-9-5-4-6-10-27)38(45)28-14-12-26(24-41)13-15-28/h4-6,9-10,12-17,22,29,33-37,43-44H,2-3,7-8,11,18-21,23,25H2,1H3/t29?,33?,34?,35?,36?,37?,39-/m0/s1. The Bertz CT molecular complexity index is 1520. The van der Waals surface area contributed by atoms with Gasteiger partial charge < -0.3 is 15.1 Å². The Morgan fingerprint density at radius 1 is 1.02 bits per heavy atom. The second kappa shape index (κ2) is 13.3. The van der Waals surface area contributed by atoms with E-state index < -0.39 is 12.3 Å². The van der Waals surface area contributed by atoms with Gasteiger partial charge in [0.1, 0.15) is 11.9 Å². The Morgan fingerprint density at radius 2 is 1.78 bits per heavy atom. The van der Waals surface area contributed by atoms with E-state index in [0.717, 1.165) is 68.1 Å². The molecule has 5 nitrogen and oxygen atoms in total. The average Bonchev–Trinajstić information content (AvgIpc) is 3.34. The number of phenols is 1. The van der Waals surface area contributed by atoms with Crippen molar-refractivity contribution >= 4 is 5.91 Å². The lowest BCUT2D eigenvalue weighted by Gasteiger charge is -2.54. The number of halogens is 1. The summed E-state index contributed by atoms with van der Waals surface area (Å²) in [6, 6.07) is 24.5. The number of aliphatic hydroxyl groups is 1. The number of fused-ring (bicyclic) bond motifs is 5. The number of hydrogen-bond donors (Lipinski definition) is 2. The van der Waals surface area contributed by atoms with E-state index in [2.05, 4.69) is 13.0 Å². The molecule has 3 aliphatic rings. The third kappa shape index (κ3) is 6.38. The number of hydrogen-bond acceptors (Lipinski definition) is 4. The fourth-order valence-electron chi connectivity index (χ4n) is 9.02. The van der Waals surface area contributed by atoms with E-state index in [4.69, 9.17) is 5.26 Å². The summed E-state index contributed by atoms with van der Waals surface area (Å²) >= 11 is 0. The number of nitrogens with zero attached hydrogens (tertiary/aromatic N) is 2. The molecule has 2 fully saturated rings. The summed E-state index contributed by atoms with van der Waals surface area (Å²) in [4.78, 5) is 15.4. The summed E-state index contributed by atoms with van der Waals surface area (Å²) in [5.74, 6) is 0.899. The van der Waals surface area contributed by atoms with Crippen molar-refractivity contribution in [2.45, 2.75) is 89.4 Å². The van der Waals surface area contributed by atoms with Gasteiger partial charge in [0.05, 0.1) is 17.7 Å². The lowest BCUT2D eigenvalue weighted by atomic mass is 9.51. The second-order valence-electron chi connectivity index (χ2n) is 14.0. The Labute approximate surface area is 266 Å². The maximum atomic E-state index is 16.1. The Kier molecular flexibility index (Phi) is 9.28. The maximum absolute atomic E-state index is 16.1. The first-order valence-electron chi connectivity index (χ1n) is 16.8. The van der Waals surface area contributed by atoms with Gasteiger partial charge in [-0.15, -0.1) is 0 Å². The van der Waals surface area contributed by atoms with Crippen molar-refractivity contribution in [3.63, 3.8) is 0 Å². The van der Waals surface area contributed by atoms with E-state index in [0.29, 0.717) is 42.5 Å². The average molecular weight is 609 g/mol. The number of amides is 1. The minimum atomic E-state index is -0.987. The SMILES string of the molecule is C[C@]12CC(F)C3c4ccc(O)cc4CC(CCCCCCN(Cc4ccccc4)C(=O)c4ccc(C#N)cc4)C3C1CCC2O. The highest BCUT2D eigenvalue weighted by molar-refractivity contribution is 5.94. The van der Waals surface area contributed by atoms with Crippen LogP contribution in [0, 0.1) is 34.5 Å². The summed E-state index contributed by atoms with van der Waals surface area (Å²) in [6.07, 6.45) is 6.52. The number of benzene rings is 3. The van der Waals surface area contributed by atoms with Crippen LogP contribution in [0.5, 0.6) is 5.75 Å². The van der Waals surface area contributed by atoms with Crippen LogP contribution in [-0.2, 0) is 13.0 Å². The third-order valence-electron chi connectivity index (χ3n) is 11.3. The molecule has 1 amide bonds. The first kappa shape index (κ1) is 31.3. The summed E-state index contributed by atoms with van der Waals surface area (Å²) in [6.45, 7) is 3.30. The fourth-order valence-corrected chi connectivity index (χ4v) is 9.02. The molecule has 6 unspecified atom stereocenters. The molecule has 0 saturated heterocycles. The van der Waals surface area contributed by atoms with Gasteiger partial charge in [0, 0.05) is 24.6 Å². The minimum Gasteiger partial charge on any atom is -0.508 e. The number of phenolic OH excluding ortho intramolecular Hbond substituents is 1. The second-order valence-corrected chi connectivity index (χ2v) is 14.0. The number of carbonyl (C=O) groups is 1. The van der Waals surface area contributed by atoms with Gasteiger partial charge in [0.15, 0.2) is 0 Å². The number of alkyl halides is 1. The van der Waals surface area contributed by atoms with Crippen molar-refractivity contribution < 1.29 is 19.4 Å². The minimum absolute atomic E-state index is 0.0293. The molecule has 0 aliphatic heterocycles. The van der Waals surface area contributed by atoms with E-state index in [9.17, 15) is 15.0 Å². The van der Waals surface area contributed by atoms with Crippen LogP contribution >= 0.6 is 0 Å². The maximum Gasteiger partial charge on any atom is 0.254 e. The number of aromatic hydroxyl groups is 1. The highest BCUT2D eigenvalue weighted by Gasteiger charge is 2.59. The van der Waals surface area contributed by atoms with Gasteiger partial charge in [-0.1, -0.05) is 62.6 Å². The molecule has 0 radical (unpaired) electrons. The molecule has 7 atom stereocenters. The lowest BCUT2D eigenvalue weighted by Crippen LogP contribution is -2.51. The molecule has 45 heavy (non-hydrogen) atoms. The summed E-state index contributed by atoms with van der Waals surface area (Å²) in [5, 5.41) is 30.3. The Hall–Kier alpha value is -3.69. The Balaban J connectivity index is 1.09. The number of aliphatic hydroxyl groups excluding tert-OH is 1. The van der Waals surface area contributed by atoms with Gasteiger partial charge in [-0.2, -0.15) is 5.26 Å². The molecule has 6 heteroatoms. The predicted octanol–water partition coefficient (Wildman–Crippen LogP) is 7.95. The molecule has 3 aliphatic carbocycles. The monoisotopic (exact) mass is 608 g/mol. The van der Waals surface area contributed by atoms with E-state index in [-0.39, 0.29) is 28.9 Å². The van der Waals surface area contributed by atoms with Crippen molar-refractivity contribution in [3.05, 3.63) is 101 Å². The number of unbranched alkanes of at least 4 members (excludes halogenated alkanes) is 3. The zero-order valence-electron chi connectivity index (χ0n) is 26.2. The molecular formula is C39H45FN2O3. The van der Waals surface area contributed by atoms with E-state index in [1.54, 1.807) is 30.3 Å². The number of carbonyl (C=O) groups excluding carboxylic acids is 1. The largest absolute Gasteiger partial charge is 0.508 e. The zero-order chi connectivity index (χ0) is 31.6. The molecule has 2 saturated carbocycles. The number of nitriles is 1. The molecular weight excluding hydrogens is 563 g/mol. The van der Waals surface area contributed by atoms with Crippen molar-refractivity contribution in [1.29, 1.82) is 5.26 Å². The third-order valence-corrected chi connectivity index (χ3v) is 11.3. The van der Waals surface area contributed by atoms with Crippen molar-refractivity contribution in [1.82, 2.24) is 4.90 Å². The number of rotatable bonds is 10. The van der Waals surface area contributed by atoms with Gasteiger partial charge in [-0.05, 0) is 115 Å². The van der Waals surface area contributed by atoms with Gasteiger partial charge in [0.25, 0.3) is 5.91 Å². The molecule has 3 aromatic carbocycles. The molecule has 3 aromatic rings. The molecule has 236 valence electrons. The molecule has 0 heterocycles. The molecule has 6 rings (SSSR count). The molecule has 0 bridgehead atoms. The zero-order valence-corrected chi connectivity index (χ0v) is 26.2. The van der Waals surface area contributed by atoms with Crippen molar-refractivity contribution in [2.75, 3.05) is 6.54 Å². The van der Waals surface area contributed by atoms with Gasteiger partial charge in [-0.3, -0.25) is 4.79 Å². The molecule has 0 aromatic heterocycles. The van der Waals surface area contributed by atoms with Crippen LogP contribution in [0.2, 0.25) is 0 Å². The van der Waals surface area contributed by atoms with Crippen LogP contribution in [0.25, 0.3) is 0 Å².